The van der Waals surface area contributed by atoms with Crippen LogP contribution < -0.4 is 15.8 Å². The molecule has 0 unspecified atom stereocenters. The first kappa shape index (κ1) is 13.9. The minimum Gasteiger partial charge on any atom is -0.457 e. The molecule has 1 aromatic carbocycles. The highest BCUT2D eigenvalue weighted by atomic mass is 16.5. The van der Waals surface area contributed by atoms with Crippen molar-refractivity contribution in [3.63, 3.8) is 0 Å². The molecule has 1 aromatic heterocycles. The number of aryl methyl sites for hydroxylation is 1. The predicted molar refractivity (Wildman–Crippen MR) is 77.9 cm³/mol. The average Bonchev–Trinajstić information content (AvgIpc) is 2.48. The van der Waals surface area contributed by atoms with Crippen molar-refractivity contribution in [3.05, 3.63) is 47.8 Å². The highest BCUT2D eigenvalue weighted by Gasteiger charge is 2.08. The third-order valence-corrected chi connectivity index (χ3v) is 2.88. The van der Waals surface area contributed by atoms with Crippen molar-refractivity contribution in [2.24, 2.45) is 0 Å². The minimum atomic E-state index is -0.247. The molecule has 3 N–H and O–H groups in total. The molecule has 0 saturated carbocycles. The first-order chi connectivity index (χ1) is 9.63. The van der Waals surface area contributed by atoms with Crippen LogP contribution in [0.15, 0.2) is 36.5 Å². The third-order valence-electron chi connectivity index (χ3n) is 2.88. The second-order valence-corrected chi connectivity index (χ2v) is 4.28. The Hall–Kier alpha value is -2.56. The van der Waals surface area contributed by atoms with Crippen LogP contribution >= 0.6 is 0 Å². The normalized spacial score (nSPS) is 10.1. The van der Waals surface area contributed by atoms with E-state index < -0.39 is 0 Å². The van der Waals surface area contributed by atoms with Crippen LogP contribution in [-0.2, 0) is 6.42 Å². The van der Waals surface area contributed by atoms with Gasteiger partial charge in [-0.25, -0.2) is 0 Å². The summed E-state index contributed by atoms with van der Waals surface area (Å²) in [5.41, 5.74) is 7.80. The maximum Gasteiger partial charge on any atom is 0.269 e. The molecule has 20 heavy (non-hydrogen) atoms. The first-order valence-corrected chi connectivity index (χ1v) is 6.38. The molecule has 5 heteroatoms. The number of hydrogen-bond acceptors (Lipinski definition) is 4. The van der Waals surface area contributed by atoms with Crippen LogP contribution in [-0.4, -0.2) is 17.9 Å². The smallest absolute Gasteiger partial charge is 0.269 e. The molecule has 0 radical (unpaired) electrons. The molecule has 0 bridgehead atoms. The zero-order chi connectivity index (χ0) is 14.5. The van der Waals surface area contributed by atoms with Crippen LogP contribution in [0.1, 0.15) is 23.0 Å². The van der Waals surface area contributed by atoms with Crippen LogP contribution in [0.3, 0.4) is 0 Å². The van der Waals surface area contributed by atoms with Gasteiger partial charge in [0.15, 0.2) is 0 Å². The molecule has 1 amide bonds. The Bertz CT molecular complexity index is 626. The van der Waals surface area contributed by atoms with Gasteiger partial charge in [-0.3, -0.25) is 9.78 Å². The predicted octanol–water partition coefficient (Wildman–Crippen LogP) is 2.38. The van der Waals surface area contributed by atoms with Crippen molar-refractivity contribution >= 4 is 11.6 Å². The third kappa shape index (κ3) is 3.06. The van der Waals surface area contributed by atoms with E-state index in [4.69, 9.17) is 10.5 Å². The van der Waals surface area contributed by atoms with Crippen molar-refractivity contribution in [2.45, 2.75) is 13.3 Å². The van der Waals surface area contributed by atoms with E-state index in [-0.39, 0.29) is 5.91 Å². The van der Waals surface area contributed by atoms with Gasteiger partial charge in [-0.2, -0.15) is 0 Å². The van der Waals surface area contributed by atoms with Crippen molar-refractivity contribution in [1.82, 2.24) is 10.3 Å². The molecule has 0 aliphatic carbocycles. The lowest BCUT2D eigenvalue weighted by Crippen LogP contribution is -2.18. The fraction of sp³-hybridized carbons (Fsp3) is 0.200. The van der Waals surface area contributed by atoms with Gasteiger partial charge in [0, 0.05) is 25.0 Å². The Morgan fingerprint density at radius 2 is 2.15 bits per heavy atom. The molecule has 0 atom stereocenters. The summed E-state index contributed by atoms with van der Waals surface area (Å²) in [5, 5.41) is 2.53. The number of carbonyl (C=O) groups excluding carboxylic acids is 1. The number of aromatic nitrogens is 1. The summed E-state index contributed by atoms with van der Waals surface area (Å²) in [6.07, 6.45) is 2.36. The number of hydrogen-bond donors (Lipinski definition) is 2. The number of nitrogens with two attached hydrogens (primary N) is 1. The summed E-state index contributed by atoms with van der Waals surface area (Å²) in [7, 11) is 1.56. The zero-order valence-electron chi connectivity index (χ0n) is 11.5. The van der Waals surface area contributed by atoms with Gasteiger partial charge in [-0.05, 0) is 36.2 Å². The number of rotatable bonds is 4. The number of nitrogens with one attached hydrogen (secondary N) is 1. The molecule has 2 rings (SSSR count). The van der Waals surface area contributed by atoms with Gasteiger partial charge in [0.25, 0.3) is 5.91 Å². The molecule has 0 spiro atoms. The lowest BCUT2D eigenvalue weighted by atomic mass is 10.1. The van der Waals surface area contributed by atoms with E-state index in [1.54, 1.807) is 31.4 Å². The Morgan fingerprint density at radius 1 is 1.35 bits per heavy atom. The van der Waals surface area contributed by atoms with E-state index in [1.165, 1.54) is 0 Å². The Labute approximate surface area is 117 Å². The number of carbonyl (C=O) groups is 1. The van der Waals surface area contributed by atoms with Crippen molar-refractivity contribution in [2.75, 3.05) is 12.8 Å². The lowest BCUT2D eigenvalue weighted by Gasteiger charge is -2.11. The number of ether oxygens (including phenoxy) is 1. The van der Waals surface area contributed by atoms with Crippen LogP contribution in [0.25, 0.3) is 0 Å². The van der Waals surface area contributed by atoms with Crippen molar-refractivity contribution in [1.29, 1.82) is 0 Å². The Morgan fingerprint density at radius 3 is 2.85 bits per heavy atom. The molecule has 0 aliphatic rings. The quantitative estimate of drug-likeness (QED) is 0.837. The summed E-state index contributed by atoms with van der Waals surface area (Å²) < 4.78 is 5.82. The lowest BCUT2D eigenvalue weighted by molar-refractivity contribution is 0.0958. The Kier molecular flexibility index (Phi) is 4.20. The monoisotopic (exact) mass is 271 g/mol. The molecule has 1 heterocycles. The summed E-state index contributed by atoms with van der Waals surface area (Å²) in [6, 6.07) is 8.82. The number of anilines is 1. The van der Waals surface area contributed by atoms with E-state index in [9.17, 15) is 4.79 Å². The van der Waals surface area contributed by atoms with Gasteiger partial charge in [-0.1, -0.05) is 6.92 Å². The van der Waals surface area contributed by atoms with Gasteiger partial charge in [0.2, 0.25) is 0 Å². The van der Waals surface area contributed by atoms with E-state index >= 15 is 0 Å². The summed E-state index contributed by atoms with van der Waals surface area (Å²) >= 11 is 0. The van der Waals surface area contributed by atoms with E-state index in [0.29, 0.717) is 17.1 Å². The largest absolute Gasteiger partial charge is 0.457 e. The number of benzene rings is 1. The number of nitrogen functional groups attached to an aromatic ring is 1. The first-order valence-electron chi connectivity index (χ1n) is 6.38. The molecule has 5 nitrogen and oxygen atoms in total. The molecule has 2 aromatic rings. The van der Waals surface area contributed by atoms with Crippen LogP contribution in [0.2, 0.25) is 0 Å². The maximum atomic E-state index is 11.5. The number of nitrogens with zero attached hydrogens (tertiary/aromatic N) is 1. The fourth-order valence-electron chi connectivity index (χ4n) is 1.83. The van der Waals surface area contributed by atoms with Gasteiger partial charge >= 0.3 is 0 Å². The number of amides is 1. The Balaban J connectivity index is 2.28. The molecule has 0 saturated heterocycles. The summed E-state index contributed by atoms with van der Waals surface area (Å²) in [6.45, 7) is 2.03. The van der Waals surface area contributed by atoms with E-state index in [1.807, 2.05) is 19.1 Å². The maximum absolute atomic E-state index is 11.5. The van der Waals surface area contributed by atoms with Gasteiger partial charge in [0.05, 0.1) is 0 Å². The van der Waals surface area contributed by atoms with Crippen molar-refractivity contribution < 1.29 is 9.53 Å². The topological polar surface area (TPSA) is 77.2 Å². The SMILES string of the molecule is CCc1cc(N)ccc1Oc1ccnc(C(=O)NC)c1. The number of pyridine rings is 1. The van der Waals surface area contributed by atoms with Crippen LogP contribution in [0, 0.1) is 0 Å². The van der Waals surface area contributed by atoms with E-state index in [2.05, 4.69) is 10.3 Å². The molecular formula is C15H17N3O2. The van der Waals surface area contributed by atoms with Gasteiger partial charge < -0.3 is 15.8 Å². The highest BCUT2D eigenvalue weighted by Crippen LogP contribution is 2.27. The summed E-state index contributed by atoms with van der Waals surface area (Å²) in [5.74, 6) is 1.05. The highest BCUT2D eigenvalue weighted by molar-refractivity contribution is 5.92. The molecule has 0 fully saturated rings. The van der Waals surface area contributed by atoms with E-state index in [0.717, 1.165) is 17.7 Å². The molecular weight excluding hydrogens is 254 g/mol. The van der Waals surface area contributed by atoms with Crippen molar-refractivity contribution in [3.8, 4) is 11.5 Å². The fourth-order valence-corrected chi connectivity index (χ4v) is 1.83. The second-order valence-electron chi connectivity index (χ2n) is 4.28. The standard InChI is InChI=1S/C15H17N3O2/c1-3-10-8-11(16)4-5-14(10)20-12-6-7-18-13(9-12)15(19)17-2/h4-9H,3,16H2,1-2H3,(H,17,19). The second kappa shape index (κ2) is 6.06. The zero-order valence-corrected chi connectivity index (χ0v) is 11.5. The van der Waals surface area contributed by atoms with Gasteiger partial charge in [-0.15, -0.1) is 0 Å². The molecule has 104 valence electrons. The van der Waals surface area contributed by atoms with Gasteiger partial charge in [0.1, 0.15) is 17.2 Å². The van der Waals surface area contributed by atoms with Crippen LogP contribution in [0.4, 0.5) is 5.69 Å². The van der Waals surface area contributed by atoms with Crippen LogP contribution in [0.5, 0.6) is 11.5 Å². The average molecular weight is 271 g/mol. The molecule has 0 aliphatic heterocycles. The minimum absolute atomic E-state index is 0.247. The summed E-state index contributed by atoms with van der Waals surface area (Å²) in [4.78, 5) is 15.5.